The molecule has 1 aromatic carbocycles. The summed E-state index contributed by atoms with van der Waals surface area (Å²) in [5.74, 6) is 0.866. The number of nitrogens with one attached hydrogen (secondary N) is 1. The topological polar surface area (TPSA) is 120 Å². The van der Waals surface area contributed by atoms with Crippen molar-refractivity contribution in [2.75, 3.05) is 34.4 Å². The standard InChI is InChI=1S/C28H43N3O6/c1-35-22-17-20(18-23(36-2)26(22)37-3)25(19-11-5-4-6-12-19)28(34)31-16-10-8-13-21(31)27(33)30-15-9-7-14-24(29)32/h17-19,21,25H,4-16H2,1-3H3,(H2,29,32)(H,30,33)/t21-,25-/m0/s1. The van der Waals surface area contributed by atoms with Crippen LogP contribution in [-0.4, -0.2) is 63.1 Å². The second kappa shape index (κ2) is 14.1. The molecule has 1 saturated heterocycles. The van der Waals surface area contributed by atoms with Crippen molar-refractivity contribution in [3.8, 4) is 17.2 Å². The zero-order valence-electron chi connectivity index (χ0n) is 22.6. The number of hydrogen-bond donors (Lipinski definition) is 2. The van der Waals surface area contributed by atoms with Crippen molar-refractivity contribution >= 4 is 17.7 Å². The summed E-state index contributed by atoms with van der Waals surface area (Å²) in [7, 11) is 4.72. The van der Waals surface area contributed by atoms with E-state index in [9.17, 15) is 14.4 Å². The van der Waals surface area contributed by atoms with Gasteiger partial charge in [0, 0.05) is 19.5 Å². The summed E-state index contributed by atoms with van der Waals surface area (Å²) in [6.45, 7) is 1.02. The van der Waals surface area contributed by atoms with Gasteiger partial charge in [-0.2, -0.15) is 0 Å². The highest BCUT2D eigenvalue weighted by atomic mass is 16.5. The summed E-state index contributed by atoms with van der Waals surface area (Å²) in [6, 6.07) is 3.28. The molecule has 2 atom stereocenters. The van der Waals surface area contributed by atoms with Crippen LogP contribution < -0.4 is 25.3 Å². The van der Waals surface area contributed by atoms with Crippen LogP contribution in [0.3, 0.4) is 0 Å². The number of nitrogens with two attached hydrogens (primary N) is 1. The number of methoxy groups -OCH3 is 3. The van der Waals surface area contributed by atoms with E-state index >= 15 is 0 Å². The van der Waals surface area contributed by atoms with Gasteiger partial charge < -0.3 is 30.2 Å². The molecule has 0 spiro atoms. The summed E-state index contributed by atoms with van der Waals surface area (Å²) in [5.41, 5.74) is 6.04. The summed E-state index contributed by atoms with van der Waals surface area (Å²) in [4.78, 5) is 40.2. The number of nitrogens with zero attached hydrogens (tertiary/aromatic N) is 1. The van der Waals surface area contributed by atoms with Crippen molar-refractivity contribution in [3.05, 3.63) is 17.7 Å². The van der Waals surface area contributed by atoms with Gasteiger partial charge in [-0.15, -0.1) is 0 Å². The molecule has 0 aromatic heterocycles. The molecule has 9 heteroatoms. The number of likely N-dealkylation sites (tertiary alicyclic amines) is 1. The van der Waals surface area contributed by atoms with Gasteiger partial charge in [0.2, 0.25) is 23.5 Å². The smallest absolute Gasteiger partial charge is 0.242 e. The lowest BCUT2D eigenvalue weighted by Gasteiger charge is -2.40. The van der Waals surface area contributed by atoms with Crippen LogP contribution in [0.4, 0.5) is 0 Å². The Hall–Kier alpha value is -2.97. The number of hydrogen-bond acceptors (Lipinski definition) is 6. The zero-order valence-corrected chi connectivity index (χ0v) is 22.6. The Labute approximate surface area is 220 Å². The van der Waals surface area contributed by atoms with E-state index in [1.54, 1.807) is 26.2 Å². The fourth-order valence-corrected chi connectivity index (χ4v) is 5.77. The van der Waals surface area contributed by atoms with E-state index in [1.165, 1.54) is 6.42 Å². The van der Waals surface area contributed by atoms with Crippen LogP contribution in [0.25, 0.3) is 0 Å². The molecule has 1 saturated carbocycles. The van der Waals surface area contributed by atoms with Crippen molar-refractivity contribution < 1.29 is 28.6 Å². The molecule has 1 heterocycles. The second-order valence-electron chi connectivity index (χ2n) is 10.1. The summed E-state index contributed by atoms with van der Waals surface area (Å²) >= 11 is 0. The van der Waals surface area contributed by atoms with Crippen LogP contribution in [0.2, 0.25) is 0 Å². The van der Waals surface area contributed by atoms with Gasteiger partial charge >= 0.3 is 0 Å². The van der Waals surface area contributed by atoms with Crippen molar-refractivity contribution in [2.24, 2.45) is 11.7 Å². The highest BCUT2D eigenvalue weighted by molar-refractivity contribution is 5.91. The zero-order chi connectivity index (χ0) is 26.8. The third-order valence-corrected chi connectivity index (χ3v) is 7.67. The molecule has 1 aliphatic carbocycles. The fraction of sp³-hybridized carbons (Fsp3) is 0.679. The van der Waals surface area contributed by atoms with E-state index < -0.39 is 12.0 Å². The molecule has 0 radical (unpaired) electrons. The van der Waals surface area contributed by atoms with Crippen LogP contribution in [0.15, 0.2) is 12.1 Å². The van der Waals surface area contributed by atoms with E-state index in [0.717, 1.165) is 44.1 Å². The maximum atomic E-state index is 14.3. The number of benzene rings is 1. The number of piperidine rings is 1. The molecule has 1 aromatic rings. The van der Waals surface area contributed by atoms with Gasteiger partial charge in [-0.1, -0.05) is 19.3 Å². The predicted molar refractivity (Wildman–Crippen MR) is 141 cm³/mol. The minimum Gasteiger partial charge on any atom is -0.493 e. The molecule has 37 heavy (non-hydrogen) atoms. The number of carbonyl (C=O) groups is 3. The lowest BCUT2D eigenvalue weighted by molar-refractivity contribution is -0.144. The average Bonchev–Trinajstić information content (AvgIpc) is 2.92. The van der Waals surface area contributed by atoms with Gasteiger partial charge in [0.25, 0.3) is 0 Å². The van der Waals surface area contributed by atoms with Gasteiger partial charge in [0.05, 0.1) is 27.2 Å². The number of rotatable bonds is 12. The van der Waals surface area contributed by atoms with Crippen molar-refractivity contribution in [2.45, 2.75) is 82.6 Å². The van der Waals surface area contributed by atoms with Crippen LogP contribution in [0, 0.1) is 5.92 Å². The largest absolute Gasteiger partial charge is 0.493 e. The van der Waals surface area contributed by atoms with Gasteiger partial charge in [-0.3, -0.25) is 14.4 Å². The monoisotopic (exact) mass is 517 g/mol. The maximum absolute atomic E-state index is 14.3. The molecule has 206 valence electrons. The number of carbonyl (C=O) groups excluding carboxylic acids is 3. The van der Waals surface area contributed by atoms with Crippen molar-refractivity contribution in [1.29, 1.82) is 0 Å². The first kappa shape index (κ1) is 28.6. The van der Waals surface area contributed by atoms with Crippen LogP contribution in [-0.2, 0) is 14.4 Å². The number of unbranched alkanes of at least 4 members (excludes halogenated alkanes) is 1. The van der Waals surface area contributed by atoms with Crippen molar-refractivity contribution in [3.63, 3.8) is 0 Å². The summed E-state index contributed by atoms with van der Waals surface area (Å²) < 4.78 is 16.7. The lowest BCUT2D eigenvalue weighted by Crippen LogP contribution is -2.54. The van der Waals surface area contributed by atoms with E-state index in [1.807, 2.05) is 12.1 Å². The molecule has 0 bridgehead atoms. The molecule has 9 nitrogen and oxygen atoms in total. The molecule has 3 amide bonds. The van der Waals surface area contributed by atoms with Gasteiger partial charge in [-0.25, -0.2) is 0 Å². The molecule has 3 N–H and O–H groups in total. The molecule has 2 aliphatic rings. The average molecular weight is 518 g/mol. The van der Waals surface area contributed by atoms with Crippen molar-refractivity contribution in [1.82, 2.24) is 10.2 Å². The molecular weight excluding hydrogens is 474 g/mol. The van der Waals surface area contributed by atoms with E-state index in [-0.39, 0.29) is 23.6 Å². The highest BCUT2D eigenvalue weighted by Crippen LogP contribution is 2.45. The molecule has 2 fully saturated rings. The number of ether oxygens (including phenoxy) is 3. The molecule has 0 unspecified atom stereocenters. The fourth-order valence-electron chi connectivity index (χ4n) is 5.77. The van der Waals surface area contributed by atoms with Gasteiger partial charge in [-0.05, 0) is 68.6 Å². The summed E-state index contributed by atoms with van der Waals surface area (Å²) in [5, 5.41) is 2.98. The minimum absolute atomic E-state index is 0.00486. The molecular formula is C28H43N3O6. The second-order valence-corrected chi connectivity index (χ2v) is 10.1. The molecule has 3 rings (SSSR count). The normalized spacial score (nSPS) is 19.1. The van der Waals surface area contributed by atoms with Crippen LogP contribution >= 0.6 is 0 Å². The van der Waals surface area contributed by atoms with Crippen LogP contribution in [0.5, 0.6) is 17.2 Å². The van der Waals surface area contributed by atoms with Gasteiger partial charge in [0.1, 0.15) is 6.04 Å². The Morgan fingerprint density at radius 3 is 2.19 bits per heavy atom. The van der Waals surface area contributed by atoms with E-state index in [4.69, 9.17) is 19.9 Å². The third-order valence-electron chi connectivity index (χ3n) is 7.67. The Morgan fingerprint density at radius 1 is 0.946 bits per heavy atom. The first-order valence-electron chi connectivity index (χ1n) is 13.6. The Bertz CT molecular complexity index is 905. The van der Waals surface area contributed by atoms with Gasteiger partial charge in [0.15, 0.2) is 11.5 Å². The summed E-state index contributed by atoms with van der Waals surface area (Å²) in [6.07, 6.45) is 9.34. The quantitative estimate of drug-likeness (QED) is 0.409. The third kappa shape index (κ3) is 7.29. The minimum atomic E-state index is -0.495. The highest BCUT2D eigenvalue weighted by Gasteiger charge is 2.40. The SMILES string of the molecule is COc1cc([C@@H](C(=O)N2CCCC[C@H]2C(=O)NCCCCC(N)=O)C2CCCCC2)cc(OC)c1OC. The number of amides is 3. The first-order chi connectivity index (χ1) is 17.9. The first-order valence-corrected chi connectivity index (χ1v) is 13.6. The Kier molecular flexibility index (Phi) is 10.9. The Balaban J connectivity index is 1.86. The number of primary amides is 1. The Morgan fingerprint density at radius 2 is 1.59 bits per heavy atom. The lowest BCUT2D eigenvalue weighted by atomic mass is 9.75. The van der Waals surface area contributed by atoms with E-state index in [0.29, 0.717) is 56.0 Å². The predicted octanol–water partition coefficient (Wildman–Crippen LogP) is 3.53. The van der Waals surface area contributed by atoms with E-state index in [2.05, 4.69) is 5.32 Å². The maximum Gasteiger partial charge on any atom is 0.242 e. The van der Waals surface area contributed by atoms with Crippen LogP contribution in [0.1, 0.15) is 82.1 Å². The molecule has 1 aliphatic heterocycles.